The van der Waals surface area contributed by atoms with E-state index >= 15 is 0 Å². The highest BCUT2D eigenvalue weighted by atomic mass is 16.2. The van der Waals surface area contributed by atoms with E-state index in [0.717, 1.165) is 36.7 Å². The quantitative estimate of drug-likeness (QED) is 0.0170. The molecule has 14 nitrogen and oxygen atoms in total. The lowest BCUT2D eigenvalue weighted by Crippen LogP contribution is -2.54. The molecule has 1 saturated carbocycles. The first-order valence-electron chi connectivity index (χ1n) is 26.1. The number of hydrogen-bond donors (Lipinski definition) is 7. The van der Waals surface area contributed by atoms with Crippen LogP contribution in [0.25, 0.3) is 10.8 Å². The molecular weight excluding hydrogens is 929 g/mol. The van der Waals surface area contributed by atoms with Crippen LogP contribution in [-0.4, -0.2) is 74.4 Å². The first-order chi connectivity index (χ1) is 35.8. The summed E-state index contributed by atoms with van der Waals surface area (Å²) in [5.74, 6) is 0.666. The van der Waals surface area contributed by atoms with Crippen molar-refractivity contribution in [3.8, 4) is 0 Å². The van der Waals surface area contributed by atoms with E-state index in [4.69, 9.17) is 11.5 Å². The molecular formula is C60H86N8O6. The highest BCUT2D eigenvalue weighted by molar-refractivity contribution is 5.99. The topological polar surface area (TPSA) is 241 Å². The Morgan fingerprint density at radius 1 is 0.743 bits per heavy atom. The standard InChI is InChI=1S/C25H31N7O5.C13H18.C11H10.C8H16O.C2H6.CH5N/c26-25(27)28-12-6-11-20(32-24(37)21(30-16-34)13-17-7-2-1-3-8-17)23(36)29-14-22(35)31-19-10-5-4-9-18(19)15-33;1-11-7-9-13(10-8-11)12-5-3-2-4-6-12;1-9-6-7-10-4-2-3-5-11(10)8-9;1-4-6-8(9)7(3)5-2;2*1-2/h1-5,7-10,15-16,20-21H,6,11-14H2,(H,29,36)(H,30,34)(H,31,35)(H,32,37)(H4,26,27,28);2-6,11,13H,7-10H2,1H3;2-8H,1H3;7H,4-6H2,1-3H3;1-2H3;2H2,1H3. The van der Waals surface area contributed by atoms with Gasteiger partial charge in [0.05, 0.1) is 12.2 Å². The molecule has 0 saturated heterocycles. The van der Waals surface area contributed by atoms with Crippen LogP contribution in [0.5, 0.6) is 0 Å². The Morgan fingerprint density at radius 2 is 1.34 bits per heavy atom. The predicted molar refractivity (Wildman–Crippen MR) is 305 cm³/mol. The summed E-state index contributed by atoms with van der Waals surface area (Å²) < 4.78 is 0. The third kappa shape index (κ3) is 26.5. The summed E-state index contributed by atoms with van der Waals surface area (Å²) in [5, 5.41) is 12.8. The van der Waals surface area contributed by atoms with Gasteiger partial charge in [0.1, 0.15) is 17.9 Å². The maximum atomic E-state index is 13.0. The highest BCUT2D eigenvalue weighted by Gasteiger charge is 2.26. The van der Waals surface area contributed by atoms with Crippen LogP contribution in [0.3, 0.4) is 0 Å². The van der Waals surface area contributed by atoms with Gasteiger partial charge < -0.3 is 38.5 Å². The third-order valence-corrected chi connectivity index (χ3v) is 12.1. The number of Topliss-reactive ketones (excluding diaryl/α,β-unsaturated/α-hetero) is 1. The first-order valence-corrected chi connectivity index (χ1v) is 26.1. The van der Waals surface area contributed by atoms with E-state index in [1.54, 1.807) is 29.8 Å². The summed E-state index contributed by atoms with van der Waals surface area (Å²) in [6.07, 6.45) is 10.1. The average molecular weight is 1020 g/mol. The number of rotatable bonds is 20. The summed E-state index contributed by atoms with van der Waals surface area (Å²) in [4.78, 5) is 75.3. The zero-order valence-electron chi connectivity index (χ0n) is 45.3. The normalized spacial score (nSPS) is 14.2. The lowest BCUT2D eigenvalue weighted by atomic mass is 9.79. The molecule has 402 valence electrons. The Balaban J connectivity index is 0.000000591. The minimum absolute atomic E-state index is 0.101. The van der Waals surface area contributed by atoms with Crippen LogP contribution >= 0.6 is 0 Å². The molecule has 1 aliphatic carbocycles. The number of carbonyl (C=O) groups is 6. The van der Waals surface area contributed by atoms with Crippen LogP contribution < -0.4 is 38.5 Å². The molecule has 0 aromatic heterocycles. The summed E-state index contributed by atoms with van der Waals surface area (Å²) in [6, 6.07) is 39.4. The number of nitrogens with one attached hydrogen (secondary N) is 4. The number of guanidine groups is 1. The summed E-state index contributed by atoms with van der Waals surface area (Å²) in [6.45, 7) is 14.4. The second kappa shape index (κ2) is 39.4. The average Bonchev–Trinajstić information content (AvgIpc) is 3.43. The molecule has 0 radical (unpaired) electrons. The molecule has 0 aliphatic heterocycles. The van der Waals surface area contributed by atoms with Gasteiger partial charge >= 0.3 is 0 Å². The number of fused-ring (bicyclic) bond motifs is 1. The lowest BCUT2D eigenvalue weighted by molar-refractivity contribution is -0.131. The number of aryl methyl sites for hydroxylation is 1. The molecule has 5 aromatic carbocycles. The van der Waals surface area contributed by atoms with Crippen molar-refractivity contribution in [2.24, 2.45) is 34.0 Å². The monoisotopic (exact) mass is 1010 g/mol. The number of aldehydes is 1. The molecule has 0 spiro atoms. The number of para-hydroxylation sites is 1. The summed E-state index contributed by atoms with van der Waals surface area (Å²) in [7, 11) is 1.50. The smallest absolute Gasteiger partial charge is 0.243 e. The molecule has 14 heteroatoms. The number of benzene rings is 5. The van der Waals surface area contributed by atoms with Gasteiger partial charge in [-0.2, -0.15) is 0 Å². The van der Waals surface area contributed by atoms with Crippen molar-refractivity contribution < 1.29 is 28.8 Å². The fourth-order valence-electron chi connectivity index (χ4n) is 7.75. The van der Waals surface area contributed by atoms with Crippen molar-refractivity contribution in [3.05, 3.63) is 150 Å². The van der Waals surface area contributed by atoms with E-state index < -0.39 is 36.3 Å². The Morgan fingerprint density at radius 3 is 1.93 bits per heavy atom. The van der Waals surface area contributed by atoms with Gasteiger partial charge in [-0.1, -0.05) is 175 Å². The van der Waals surface area contributed by atoms with E-state index in [-0.39, 0.29) is 31.3 Å². The molecule has 74 heavy (non-hydrogen) atoms. The molecule has 6 rings (SSSR count). The molecule has 10 N–H and O–H groups in total. The Hall–Kier alpha value is -7.19. The van der Waals surface area contributed by atoms with Gasteiger partial charge in [-0.15, -0.1) is 0 Å². The van der Waals surface area contributed by atoms with Crippen molar-refractivity contribution >= 4 is 58.6 Å². The molecule has 1 aliphatic rings. The van der Waals surface area contributed by atoms with Gasteiger partial charge in [-0.05, 0) is 98.4 Å². The van der Waals surface area contributed by atoms with E-state index in [2.05, 4.69) is 126 Å². The number of aliphatic imine (C=N–C) groups is 1. The van der Waals surface area contributed by atoms with Gasteiger partial charge in [-0.25, -0.2) is 0 Å². The van der Waals surface area contributed by atoms with Gasteiger partial charge in [0, 0.05) is 30.9 Å². The van der Waals surface area contributed by atoms with Crippen molar-refractivity contribution in [3.63, 3.8) is 0 Å². The fourth-order valence-corrected chi connectivity index (χ4v) is 7.75. The number of anilines is 1. The van der Waals surface area contributed by atoms with Gasteiger partial charge in [0.2, 0.25) is 24.1 Å². The van der Waals surface area contributed by atoms with Gasteiger partial charge in [0.25, 0.3) is 0 Å². The number of carbonyl (C=O) groups excluding carboxylic acids is 6. The van der Waals surface area contributed by atoms with E-state index in [1.165, 1.54) is 49.1 Å². The molecule has 0 heterocycles. The second-order valence-electron chi connectivity index (χ2n) is 17.8. The van der Waals surface area contributed by atoms with Gasteiger partial charge in [0.15, 0.2) is 12.2 Å². The van der Waals surface area contributed by atoms with Gasteiger partial charge in [-0.3, -0.25) is 33.8 Å². The largest absolute Gasteiger partial charge is 0.370 e. The number of nitrogens with two attached hydrogens (primary N) is 3. The second-order valence-corrected chi connectivity index (χ2v) is 17.8. The lowest BCUT2D eigenvalue weighted by Gasteiger charge is -2.26. The Kier molecular flexibility index (Phi) is 34.5. The van der Waals surface area contributed by atoms with Crippen molar-refractivity contribution in [2.75, 3.05) is 25.5 Å². The fraction of sp³-hybridized carbons (Fsp3) is 0.417. The maximum absolute atomic E-state index is 13.0. The van der Waals surface area contributed by atoms with E-state index in [9.17, 15) is 28.8 Å². The number of nitrogens with zero attached hydrogens (tertiary/aromatic N) is 1. The summed E-state index contributed by atoms with van der Waals surface area (Å²) in [5.41, 5.74) is 19.5. The highest BCUT2D eigenvalue weighted by Crippen LogP contribution is 2.35. The maximum Gasteiger partial charge on any atom is 0.243 e. The summed E-state index contributed by atoms with van der Waals surface area (Å²) >= 11 is 0. The minimum atomic E-state index is -1.02. The zero-order chi connectivity index (χ0) is 55.1. The van der Waals surface area contributed by atoms with Crippen molar-refractivity contribution in [1.29, 1.82) is 0 Å². The number of ketones is 1. The molecule has 4 amide bonds. The van der Waals surface area contributed by atoms with E-state index in [1.807, 2.05) is 58.0 Å². The molecule has 1 fully saturated rings. The number of hydrogen-bond acceptors (Lipinski definition) is 8. The van der Waals surface area contributed by atoms with Crippen LogP contribution in [0.4, 0.5) is 5.69 Å². The molecule has 0 bridgehead atoms. The van der Waals surface area contributed by atoms with Crippen LogP contribution in [0.2, 0.25) is 0 Å². The first kappa shape index (κ1) is 64.8. The van der Waals surface area contributed by atoms with Crippen LogP contribution in [0.1, 0.15) is 132 Å². The predicted octanol–water partition coefficient (Wildman–Crippen LogP) is 9.58. The molecule has 3 unspecified atom stereocenters. The third-order valence-electron chi connectivity index (χ3n) is 12.1. The minimum Gasteiger partial charge on any atom is -0.370 e. The van der Waals surface area contributed by atoms with Crippen LogP contribution in [0, 0.1) is 18.8 Å². The van der Waals surface area contributed by atoms with Crippen LogP contribution in [-0.2, 0) is 30.4 Å². The Bertz CT molecular complexity index is 2390. The van der Waals surface area contributed by atoms with Crippen LogP contribution in [0.15, 0.2) is 132 Å². The van der Waals surface area contributed by atoms with E-state index in [0.29, 0.717) is 36.2 Å². The zero-order valence-corrected chi connectivity index (χ0v) is 45.3. The molecule has 5 aromatic rings. The van der Waals surface area contributed by atoms with Crippen molar-refractivity contribution in [1.82, 2.24) is 16.0 Å². The molecule has 3 atom stereocenters. The SMILES string of the molecule is CC.CC1CCC(c2ccccc2)CC1.CCCC(=O)C(C)CC.CN.Cc1ccc2ccccc2c1.NC(N)=NCCCC(NC(=O)C(Cc1ccccc1)NC=O)C(=O)NCC(=O)Nc1ccccc1C=O. The number of amides is 4. The van der Waals surface area contributed by atoms with Crippen molar-refractivity contribution in [2.45, 2.75) is 131 Å². The Labute approximate surface area is 441 Å².